The standard InChI is InChI=1S/C16H26N4O.HI/c1-4-9-18-16(17)19-11-13-7-6-8-14(10-13)20-15(21)12(3)5-2;/h6-8,10,12H,4-5,9,11H2,1-3H3,(H,20,21)(H3,17,18,19);1H. The Morgan fingerprint density at radius 1 is 1.36 bits per heavy atom. The first-order valence-corrected chi connectivity index (χ1v) is 7.50. The van der Waals surface area contributed by atoms with E-state index in [1.54, 1.807) is 0 Å². The highest BCUT2D eigenvalue weighted by molar-refractivity contribution is 14.0. The lowest BCUT2D eigenvalue weighted by atomic mass is 10.1. The van der Waals surface area contributed by atoms with Crippen LogP contribution in [0, 0.1) is 5.92 Å². The highest BCUT2D eigenvalue weighted by atomic mass is 127. The number of amides is 1. The molecule has 5 nitrogen and oxygen atoms in total. The van der Waals surface area contributed by atoms with Gasteiger partial charge in [-0.05, 0) is 30.5 Å². The van der Waals surface area contributed by atoms with Crippen molar-refractivity contribution < 1.29 is 4.79 Å². The number of anilines is 1. The van der Waals surface area contributed by atoms with Crippen molar-refractivity contribution in [3.8, 4) is 0 Å². The Hall–Kier alpha value is -1.31. The molecule has 0 spiro atoms. The van der Waals surface area contributed by atoms with Crippen molar-refractivity contribution in [3.05, 3.63) is 29.8 Å². The molecule has 4 N–H and O–H groups in total. The zero-order valence-electron chi connectivity index (χ0n) is 13.6. The fourth-order valence-corrected chi connectivity index (χ4v) is 1.68. The molecule has 1 atom stereocenters. The number of aliphatic imine (C=N–C) groups is 1. The van der Waals surface area contributed by atoms with Crippen LogP contribution in [0.5, 0.6) is 0 Å². The number of nitrogens with one attached hydrogen (secondary N) is 2. The molecule has 22 heavy (non-hydrogen) atoms. The first-order chi connectivity index (χ1) is 10.1. The van der Waals surface area contributed by atoms with Crippen LogP contribution < -0.4 is 16.4 Å². The van der Waals surface area contributed by atoms with Gasteiger partial charge in [0.2, 0.25) is 5.91 Å². The molecule has 1 aromatic carbocycles. The molecular formula is C16H27IN4O. The summed E-state index contributed by atoms with van der Waals surface area (Å²) in [7, 11) is 0. The predicted molar refractivity (Wildman–Crippen MR) is 104 cm³/mol. The third-order valence-electron chi connectivity index (χ3n) is 3.24. The summed E-state index contributed by atoms with van der Waals surface area (Å²) in [6.07, 6.45) is 1.84. The molecule has 1 aromatic rings. The average Bonchev–Trinajstić information content (AvgIpc) is 2.50. The minimum Gasteiger partial charge on any atom is -0.370 e. The lowest BCUT2D eigenvalue weighted by molar-refractivity contribution is -0.119. The highest BCUT2D eigenvalue weighted by Crippen LogP contribution is 2.13. The molecule has 0 aliphatic rings. The number of benzene rings is 1. The molecule has 1 rings (SSSR count). The quantitative estimate of drug-likeness (QED) is 0.362. The minimum absolute atomic E-state index is 0. The molecular weight excluding hydrogens is 391 g/mol. The van der Waals surface area contributed by atoms with Crippen molar-refractivity contribution >= 4 is 41.5 Å². The molecule has 1 unspecified atom stereocenters. The molecule has 1 amide bonds. The summed E-state index contributed by atoms with van der Waals surface area (Å²) in [5.41, 5.74) is 7.56. The van der Waals surface area contributed by atoms with E-state index in [0.29, 0.717) is 12.5 Å². The van der Waals surface area contributed by atoms with Crippen LogP contribution in [0.25, 0.3) is 0 Å². The summed E-state index contributed by atoms with van der Waals surface area (Å²) in [5.74, 6) is 0.508. The largest absolute Gasteiger partial charge is 0.370 e. The van der Waals surface area contributed by atoms with Gasteiger partial charge in [-0.25, -0.2) is 4.99 Å². The summed E-state index contributed by atoms with van der Waals surface area (Å²) in [5, 5.41) is 5.95. The van der Waals surface area contributed by atoms with Crippen LogP contribution in [-0.2, 0) is 11.3 Å². The number of guanidine groups is 1. The van der Waals surface area contributed by atoms with Gasteiger partial charge in [-0.3, -0.25) is 4.79 Å². The number of carbonyl (C=O) groups excluding carboxylic acids is 1. The van der Waals surface area contributed by atoms with E-state index < -0.39 is 0 Å². The van der Waals surface area contributed by atoms with Gasteiger partial charge in [0.15, 0.2) is 5.96 Å². The molecule has 6 heteroatoms. The van der Waals surface area contributed by atoms with E-state index in [1.165, 1.54) is 0 Å². The highest BCUT2D eigenvalue weighted by Gasteiger charge is 2.10. The second kappa shape index (κ2) is 11.3. The van der Waals surface area contributed by atoms with Gasteiger partial charge in [0.05, 0.1) is 6.54 Å². The summed E-state index contributed by atoms with van der Waals surface area (Å²) < 4.78 is 0. The number of nitrogens with two attached hydrogens (primary N) is 1. The minimum atomic E-state index is 0. The van der Waals surface area contributed by atoms with Gasteiger partial charge in [-0.1, -0.05) is 32.9 Å². The Morgan fingerprint density at radius 3 is 2.73 bits per heavy atom. The van der Waals surface area contributed by atoms with E-state index in [-0.39, 0.29) is 35.8 Å². The number of rotatable bonds is 7. The van der Waals surface area contributed by atoms with Gasteiger partial charge < -0.3 is 16.4 Å². The van der Waals surface area contributed by atoms with E-state index in [1.807, 2.05) is 38.1 Å². The van der Waals surface area contributed by atoms with Crippen LogP contribution in [0.4, 0.5) is 5.69 Å². The summed E-state index contributed by atoms with van der Waals surface area (Å²) in [6.45, 7) is 7.31. The topological polar surface area (TPSA) is 79.5 Å². The number of hydrogen-bond acceptors (Lipinski definition) is 2. The van der Waals surface area contributed by atoms with Crippen LogP contribution in [-0.4, -0.2) is 18.4 Å². The Morgan fingerprint density at radius 2 is 2.09 bits per heavy atom. The van der Waals surface area contributed by atoms with Crippen molar-refractivity contribution in [2.24, 2.45) is 16.6 Å². The Kier molecular flexibility index (Phi) is 10.6. The number of halogens is 1. The summed E-state index contributed by atoms with van der Waals surface area (Å²) >= 11 is 0. The fraction of sp³-hybridized carbons (Fsp3) is 0.500. The lowest BCUT2D eigenvalue weighted by Crippen LogP contribution is -2.32. The second-order valence-electron chi connectivity index (χ2n) is 5.13. The second-order valence-corrected chi connectivity index (χ2v) is 5.13. The van der Waals surface area contributed by atoms with Gasteiger partial charge in [-0.2, -0.15) is 0 Å². The van der Waals surface area contributed by atoms with Crippen molar-refractivity contribution in [1.29, 1.82) is 0 Å². The molecule has 124 valence electrons. The first-order valence-electron chi connectivity index (χ1n) is 7.50. The van der Waals surface area contributed by atoms with Crippen molar-refractivity contribution in [2.75, 3.05) is 11.9 Å². The molecule has 0 aliphatic heterocycles. The number of carbonyl (C=O) groups is 1. The molecule has 0 bridgehead atoms. The van der Waals surface area contributed by atoms with E-state index in [2.05, 4.69) is 22.5 Å². The lowest BCUT2D eigenvalue weighted by Gasteiger charge is -2.10. The zero-order chi connectivity index (χ0) is 15.7. The van der Waals surface area contributed by atoms with E-state index in [9.17, 15) is 4.79 Å². The third kappa shape index (κ3) is 7.63. The normalized spacial score (nSPS) is 12.2. The fourth-order valence-electron chi connectivity index (χ4n) is 1.68. The smallest absolute Gasteiger partial charge is 0.227 e. The molecule has 0 saturated heterocycles. The molecule has 0 aliphatic carbocycles. The van der Waals surface area contributed by atoms with Gasteiger partial charge in [0.1, 0.15) is 0 Å². The molecule has 0 radical (unpaired) electrons. The summed E-state index contributed by atoms with van der Waals surface area (Å²) in [4.78, 5) is 16.1. The molecule has 0 heterocycles. The zero-order valence-corrected chi connectivity index (χ0v) is 15.9. The average molecular weight is 418 g/mol. The van der Waals surface area contributed by atoms with E-state index >= 15 is 0 Å². The third-order valence-corrected chi connectivity index (χ3v) is 3.24. The van der Waals surface area contributed by atoms with Crippen LogP contribution in [0.1, 0.15) is 39.2 Å². The van der Waals surface area contributed by atoms with Gasteiger partial charge in [-0.15, -0.1) is 24.0 Å². The van der Waals surface area contributed by atoms with Crippen molar-refractivity contribution in [3.63, 3.8) is 0 Å². The Balaban J connectivity index is 0.00000441. The van der Waals surface area contributed by atoms with Crippen LogP contribution >= 0.6 is 24.0 Å². The number of nitrogens with zero attached hydrogens (tertiary/aromatic N) is 1. The predicted octanol–water partition coefficient (Wildman–Crippen LogP) is 3.10. The maximum Gasteiger partial charge on any atom is 0.227 e. The molecule has 0 fully saturated rings. The monoisotopic (exact) mass is 418 g/mol. The van der Waals surface area contributed by atoms with Gasteiger partial charge in [0.25, 0.3) is 0 Å². The van der Waals surface area contributed by atoms with Crippen LogP contribution in [0.15, 0.2) is 29.3 Å². The van der Waals surface area contributed by atoms with E-state index in [0.717, 1.165) is 30.6 Å². The van der Waals surface area contributed by atoms with Crippen LogP contribution in [0.3, 0.4) is 0 Å². The van der Waals surface area contributed by atoms with Crippen molar-refractivity contribution in [2.45, 2.75) is 40.2 Å². The molecule has 0 aromatic heterocycles. The summed E-state index contributed by atoms with van der Waals surface area (Å²) in [6, 6.07) is 7.69. The number of hydrogen-bond donors (Lipinski definition) is 3. The maximum absolute atomic E-state index is 11.9. The van der Waals surface area contributed by atoms with Crippen molar-refractivity contribution in [1.82, 2.24) is 5.32 Å². The van der Waals surface area contributed by atoms with Gasteiger partial charge >= 0.3 is 0 Å². The SMILES string of the molecule is CCCNC(N)=NCc1cccc(NC(=O)C(C)CC)c1.I. The first kappa shape index (κ1) is 20.7. The maximum atomic E-state index is 11.9. The Bertz CT molecular complexity index is 491. The van der Waals surface area contributed by atoms with Crippen LogP contribution in [0.2, 0.25) is 0 Å². The molecule has 0 saturated carbocycles. The van der Waals surface area contributed by atoms with E-state index in [4.69, 9.17) is 5.73 Å². The van der Waals surface area contributed by atoms with Gasteiger partial charge in [0, 0.05) is 18.2 Å². The Labute approximate surface area is 150 Å².